The van der Waals surface area contributed by atoms with Crippen LogP contribution in [0, 0.1) is 0 Å². The van der Waals surface area contributed by atoms with Crippen LogP contribution in [0.25, 0.3) is 0 Å². The number of nitrogens with zero attached hydrogens (tertiary/aromatic N) is 1. The molecule has 0 radical (unpaired) electrons. The van der Waals surface area contributed by atoms with Gasteiger partial charge in [0.1, 0.15) is 0 Å². The molecular formula is C14H27ClN2OS. The third-order valence-corrected chi connectivity index (χ3v) is 5.72. The zero-order valence-corrected chi connectivity index (χ0v) is 13.5. The lowest BCUT2D eigenvalue weighted by atomic mass is 9.87. The van der Waals surface area contributed by atoms with Crippen molar-refractivity contribution < 1.29 is 4.79 Å². The van der Waals surface area contributed by atoms with Crippen molar-refractivity contribution in [3.05, 3.63) is 0 Å². The third kappa shape index (κ3) is 4.83. The molecule has 0 bridgehead atoms. The Labute approximate surface area is 127 Å². The van der Waals surface area contributed by atoms with E-state index in [1.807, 2.05) is 6.92 Å². The summed E-state index contributed by atoms with van der Waals surface area (Å²) in [7, 11) is 0. The van der Waals surface area contributed by atoms with E-state index in [-0.39, 0.29) is 18.4 Å². The van der Waals surface area contributed by atoms with E-state index < -0.39 is 0 Å². The smallest absolute Gasteiger partial charge is 0.222 e. The van der Waals surface area contributed by atoms with Crippen LogP contribution in [0.5, 0.6) is 0 Å². The van der Waals surface area contributed by atoms with Crippen molar-refractivity contribution in [1.29, 1.82) is 0 Å². The first-order valence-corrected chi connectivity index (χ1v) is 8.27. The average molecular weight is 307 g/mol. The molecule has 1 aliphatic heterocycles. The lowest BCUT2D eigenvalue weighted by Crippen LogP contribution is -2.50. The van der Waals surface area contributed by atoms with Crippen LogP contribution in [0.1, 0.15) is 51.9 Å². The van der Waals surface area contributed by atoms with E-state index in [9.17, 15) is 4.79 Å². The van der Waals surface area contributed by atoms with Gasteiger partial charge in [0, 0.05) is 36.1 Å². The van der Waals surface area contributed by atoms with Gasteiger partial charge in [0.15, 0.2) is 0 Å². The summed E-state index contributed by atoms with van der Waals surface area (Å²) in [5.41, 5.74) is 5.73. The predicted molar refractivity (Wildman–Crippen MR) is 85.0 cm³/mol. The van der Waals surface area contributed by atoms with Crippen molar-refractivity contribution in [3.8, 4) is 0 Å². The Balaban J connectivity index is 0.00000180. The summed E-state index contributed by atoms with van der Waals surface area (Å²) < 4.78 is 0.389. The number of carbonyl (C=O) groups is 1. The monoisotopic (exact) mass is 306 g/mol. The van der Waals surface area contributed by atoms with E-state index in [1.165, 1.54) is 32.1 Å². The van der Waals surface area contributed by atoms with Gasteiger partial charge < -0.3 is 10.6 Å². The van der Waals surface area contributed by atoms with Crippen LogP contribution in [0.3, 0.4) is 0 Å². The van der Waals surface area contributed by atoms with Crippen LogP contribution in [0.4, 0.5) is 0 Å². The van der Waals surface area contributed by atoms with Crippen molar-refractivity contribution in [1.82, 2.24) is 4.90 Å². The summed E-state index contributed by atoms with van der Waals surface area (Å²) in [4.78, 5) is 14.3. The summed E-state index contributed by atoms with van der Waals surface area (Å²) in [5.74, 6) is 1.43. The van der Waals surface area contributed by atoms with E-state index in [2.05, 4.69) is 16.7 Å². The Bertz CT molecular complexity index is 288. The Hall–Kier alpha value is 0.0700. The number of halogens is 1. The number of thioether (sulfide) groups is 1. The fraction of sp³-hybridized carbons (Fsp3) is 0.929. The van der Waals surface area contributed by atoms with Gasteiger partial charge in [-0.15, -0.1) is 12.4 Å². The molecule has 1 amide bonds. The van der Waals surface area contributed by atoms with Crippen LogP contribution >= 0.6 is 24.2 Å². The molecule has 1 atom stereocenters. The molecule has 1 spiro atoms. The van der Waals surface area contributed by atoms with E-state index in [0.717, 1.165) is 25.3 Å². The van der Waals surface area contributed by atoms with Gasteiger partial charge in [-0.05, 0) is 26.2 Å². The van der Waals surface area contributed by atoms with Crippen molar-refractivity contribution in [2.24, 2.45) is 5.73 Å². The molecule has 19 heavy (non-hydrogen) atoms. The largest absolute Gasteiger partial charge is 0.340 e. The molecule has 1 saturated heterocycles. The molecule has 112 valence electrons. The maximum absolute atomic E-state index is 12.2. The highest BCUT2D eigenvalue weighted by atomic mass is 35.5. The van der Waals surface area contributed by atoms with Gasteiger partial charge >= 0.3 is 0 Å². The molecule has 1 unspecified atom stereocenters. The van der Waals surface area contributed by atoms with Crippen LogP contribution in [-0.2, 0) is 4.79 Å². The van der Waals surface area contributed by atoms with E-state index >= 15 is 0 Å². The minimum absolute atomic E-state index is 0. The van der Waals surface area contributed by atoms with Gasteiger partial charge in [-0.25, -0.2) is 0 Å². The molecule has 1 heterocycles. The Morgan fingerprint density at radius 3 is 2.68 bits per heavy atom. The van der Waals surface area contributed by atoms with Crippen LogP contribution in [0.15, 0.2) is 0 Å². The molecule has 2 rings (SSSR count). The summed E-state index contributed by atoms with van der Waals surface area (Å²) in [5, 5.41) is 0. The van der Waals surface area contributed by atoms with Gasteiger partial charge in [-0.1, -0.05) is 19.3 Å². The van der Waals surface area contributed by atoms with Crippen LogP contribution in [0.2, 0.25) is 0 Å². The van der Waals surface area contributed by atoms with Gasteiger partial charge in [0.25, 0.3) is 0 Å². The van der Waals surface area contributed by atoms with Crippen molar-refractivity contribution in [2.75, 3.05) is 18.8 Å². The van der Waals surface area contributed by atoms with E-state index in [1.54, 1.807) is 0 Å². The topological polar surface area (TPSA) is 46.3 Å². The highest BCUT2D eigenvalue weighted by Crippen LogP contribution is 2.42. The SMILES string of the molecule is CC(N)CCC(=O)N1CCSC2(CCCCC2)C1.Cl. The number of hydrogen-bond donors (Lipinski definition) is 1. The van der Waals surface area contributed by atoms with Crippen molar-refractivity contribution >= 4 is 30.1 Å². The summed E-state index contributed by atoms with van der Waals surface area (Å²) in [6.45, 7) is 3.89. The van der Waals surface area contributed by atoms with Crippen LogP contribution in [-0.4, -0.2) is 40.4 Å². The number of amides is 1. The predicted octanol–water partition coefficient (Wildman–Crippen LogP) is 2.81. The normalized spacial score (nSPS) is 23.8. The van der Waals surface area contributed by atoms with Crippen molar-refractivity contribution in [3.63, 3.8) is 0 Å². The second kappa shape index (κ2) is 7.75. The zero-order chi connectivity index (χ0) is 13.0. The Kier molecular flexibility index (Phi) is 6.98. The molecule has 0 aromatic carbocycles. The highest BCUT2D eigenvalue weighted by Gasteiger charge is 2.38. The third-order valence-electron chi connectivity index (χ3n) is 4.18. The molecule has 2 fully saturated rings. The Morgan fingerprint density at radius 1 is 1.37 bits per heavy atom. The molecule has 0 aromatic rings. The maximum Gasteiger partial charge on any atom is 0.222 e. The molecule has 5 heteroatoms. The second-order valence-corrected chi connectivity index (χ2v) is 7.49. The first-order valence-electron chi connectivity index (χ1n) is 7.29. The van der Waals surface area contributed by atoms with E-state index in [0.29, 0.717) is 17.1 Å². The number of nitrogens with two attached hydrogens (primary N) is 1. The zero-order valence-electron chi connectivity index (χ0n) is 11.9. The molecule has 2 N–H and O–H groups in total. The van der Waals surface area contributed by atoms with Crippen LogP contribution < -0.4 is 5.73 Å². The van der Waals surface area contributed by atoms with Gasteiger partial charge in [0.2, 0.25) is 5.91 Å². The number of hydrogen-bond acceptors (Lipinski definition) is 3. The highest BCUT2D eigenvalue weighted by molar-refractivity contribution is 8.00. The van der Waals surface area contributed by atoms with Crippen molar-refractivity contribution in [2.45, 2.75) is 62.7 Å². The molecule has 0 aromatic heterocycles. The minimum Gasteiger partial charge on any atom is -0.340 e. The summed E-state index contributed by atoms with van der Waals surface area (Å²) in [6, 6.07) is 0.136. The standard InChI is InChI=1S/C14H26N2OS.ClH/c1-12(15)5-6-13(17)16-9-10-18-14(11-16)7-3-2-4-8-14;/h12H,2-11,15H2,1H3;1H. The molecule has 3 nitrogen and oxygen atoms in total. The lowest BCUT2D eigenvalue weighted by molar-refractivity contribution is -0.131. The summed E-state index contributed by atoms with van der Waals surface area (Å²) >= 11 is 2.11. The molecule has 1 saturated carbocycles. The first kappa shape index (κ1) is 17.1. The average Bonchev–Trinajstić information content (AvgIpc) is 2.37. The van der Waals surface area contributed by atoms with Gasteiger partial charge in [-0.2, -0.15) is 11.8 Å². The first-order chi connectivity index (χ1) is 8.61. The number of rotatable bonds is 3. The molecular weight excluding hydrogens is 280 g/mol. The Morgan fingerprint density at radius 2 is 2.05 bits per heavy atom. The number of carbonyl (C=O) groups excluding carboxylic acids is 1. The second-order valence-electron chi connectivity index (χ2n) is 5.92. The van der Waals surface area contributed by atoms with Gasteiger partial charge in [0.05, 0.1) is 0 Å². The fourth-order valence-electron chi connectivity index (χ4n) is 3.07. The molecule has 2 aliphatic rings. The minimum atomic E-state index is 0. The molecule has 1 aliphatic carbocycles. The van der Waals surface area contributed by atoms with Gasteiger partial charge in [-0.3, -0.25) is 4.79 Å². The van der Waals surface area contributed by atoms with E-state index in [4.69, 9.17) is 5.73 Å². The quantitative estimate of drug-likeness (QED) is 0.872. The lowest BCUT2D eigenvalue weighted by Gasteiger charge is -2.44. The fourth-order valence-corrected chi connectivity index (χ4v) is 4.63. The maximum atomic E-state index is 12.2. The summed E-state index contributed by atoms with van der Waals surface area (Å²) in [6.07, 6.45) is 8.10.